The third-order valence-electron chi connectivity index (χ3n) is 6.30. The van der Waals surface area contributed by atoms with Crippen molar-refractivity contribution in [3.05, 3.63) is 0 Å². The molecule has 0 aromatic rings. The van der Waals surface area contributed by atoms with Crippen LogP contribution in [0.25, 0.3) is 0 Å². The van der Waals surface area contributed by atoms with E-state index < -0.39 is 24.7 Å². The van der Waals surface area contributed by atoms with Gasteiger partial charge in [-0.1, -0.05) is 33.1 Å². The van der Waals surface area contributed by atoms with E-state index in [0.29, 0.717) is 38.8 Å². The lowest BCUT2D eigenvalue weighted by molar-refractivity contribution is -0.147. The number of aliphatic carboxylic acids is 1. The molecule has 0 saturated carbocycles. The van der Waals surface area contributed by atoms with Crippen LogP contribution in [0.2, 0.25) is 6.32 Å². The monoisotopic (exact) mass is 369 g/mol. The summed E-state index contributed by atoms with van der Waals surface area (Å²) in [7, 11) is -1.36. The summed E-state index contributed by atoms with van der Waals surface area (Å²) in [5.41, 5.74) is 5.06. The van der Waals surface area contributed by atoms with Gasteiger partial charge in [-0.05, 0) is 25.1 Å². The van der Waals surface area contributed by atoms with E-state index in [2.05, 4.69) is 5.32 Å². The first-order valence-electron chi connectivity index (χ1n) is 9.65. The molecule has 0 aliphatic carbocycles. The molecule has 2 unspecified atom stereocenters. The quantitative estimate of drug-likeness (QED) is 0.277. The molecular formula is C17H32BN3O5. The van der Waals surface area contributed by atoms with Crippen molar-refractivity contribution < 1.29 is 24.7 Å². The van der Waals surface area contributed by atoms with Crippen molar-refractivity contribution in [1.29, 1.82) is 0 Å². The number of unbranched alkanes of at least 4 members (excludes halogenated alkanes) is 1. The van der Waals surface area contributed by atoms with Crippen molar-refractivity contribution in [1.82, 2.24) is 10.2 Å². The van der Waals surface area contributed by atoms with Gasteiger partial charge in [0, 0.05) is 25.0 Å². The van der Waals surface area contributed by atoms with E-state index in [0.717, 1.165) is 6.42 Å². The van der Waals surface area contributed by atoms with E-state index >= 15 is 0 Å². The van der Waals surface area contributed by atoms with Crippen LogP contribution in [0, 0.1) is 11.8 Å². The van der Waals surface area contributed by atoms with Gasteiger partial charge in [-0.2, -0.15) is 0 Å². The summed E-state index contributed by atoms with van der Waals surface area (Å²) < 4.78 is 0. The van der Waals surface area contributed by atoms with Gasteiger partial charge < -0.3 is 25.8 Å². The molecule has 0 aromatic heterocycles. The molecule has 148 valence electrons. The Morgan fingerprint density at radius 1 is 1.38 bits per heavy atom. The van der Waals surface area contributed by atoms with Gasteiger partial charge >= 0.3 is 13.1 Å². The molecule has 0 radical (unpaired) electrons. The SMILES string of the molecule is CCC(C)C(N)C(=O)N1CC[C@H]2[C@@H]1CN[C@@]2(CCCCB(O)O)C(=O)O. The van der Waals surface area contributed by atoms with Gasteiger partial charge in [0.15, 0.2) is 0 Å². The number of nitrogens with one attached hydrogen (secondary N) is 1. The summed E-state index contributed by atoms with van der Waals surface area (Å²) in [5.74, 6) is -1.04. The third kappa shape index (κ3) is 4.06. The number of carboxylic acid groups (broad SMARTS) is 1. The van der Waals surface area contributed by atoms with Crippen molar-refractivity contribution in [2.45, 2.75) is 69.9 Å². The average molecular weight is 369 g/mol. The van der Waals surface area contributed by atoms with Gasteiger partial charge in [-0.15, -0.1) is 0 Å². The van der Waals surface area contributed by atoms with Gasteiger partial charge in [0.05, 0.1) is 6.04 Å². The minimum atomic E-state index is -1.36. The maximum atomic E-state index is 12.8. The number of fused-ring (bicyclic) bond motifs is 1. The van der Waals surface area contributed by atoms with Gasteiger partial charge in [0.2, 0.25) is 5.91 Å². The van der Waals surface area contributed by atoms with E-state index in [4.69, 9.17) is 15.8 Å². The zero-order chi connectivity index (χ0) is 19.5. The summed E-state index contributed by atoms with van der Waals surface area (Å²) in [6, 6.07) is -0.693. The topological polar surface area (TPSA) is 136 Å². The molecule has 2 saturated heterocycles. The number of amides is 1. The van der Waals surface area contributed by atoms with Crippen LogP contribution in [0.4, 0.5) is 0 Å². The largest absolute Gasteiger partial charge is 0.480 e. The molecule has 0 aromatic carbocycles. The average Bonchev–Trinajstić information content (AvgIpc) is 3.17. The fourth-order valence-electron chi connectivity index (χ4n) is 4.41. The summed E-state index contributed by atoms with van der Waals surface area (Å²) in [6.45, 7) is 4.96. The maximum Gasteiger partial charge on any atom is 0.451 e. The molecule has 0 bridgehead atoms. The molecule has 6 N–H and O–H groups in total. The van der Waals surface area contributed by atoms with Gasteiger partial charge in [-0.25, -0.2) is 0 Å². The molecule has 0 spiro atoms. The Bertz CT molecular complexity index is 521. The predicted octanol–water partition coefficient (Wildman–Crippen LogP) is -0.353. The Labute approximate surface area is 155 Å². The molecule has 2 aliphatic heterocycles. The van der Waals surface area contributed by atoms with Crippen molar-refractivity contribution in [3.63, 3.8) is 0 Å². The van der Waals surface area contributed by atoms with E-state index in [9.17, 15) is 14.7 Å². The zero-order valence-electron chi connectivity index (χ0n) is 15.7. The Kier molecular flexibility index (Phi) is 7.07. The van der Waals surface area contributed by atoms with Crippen molar-refractivity contribution >= 4 is 19.0 Å². The summed E-state index contributed by atoms with van der Waals surface area (Å²) >= 11 is 0. The minimum Gasteiger partial charge on any atom is -0.480 e. The number of hydrogen-bond donors (Lipinski definition) is 5. The van der Waals surface area contributed by atoms with Crippen LogP contribution in [0.5, 0.6) is 0 Å². The summed E-state index contributed by atoms with van der Waals surface area (Å²) in [5, 5.41) is 31.0. The molecule has 9 heteroatoms. The third-order valence-corrected chi connectivity index (χ3v) is 6.30. The number of hydrogen-bond acceptors (Lipinski definition) is 6. The second-order valence-electron chi connectivity index (χ2n) is 7.79. The summed E-state index contributed by atoms with van der Waals surface area (Å²) in [4.78, 5) is 26.6. The molecular weight excluding hydrogens is 337 g/mol. The highest BCUT2D eigenvalue weighted by atomic mass is 16.4. The highest BCUT2D eigenvalue weighted by Gasteiger charge is 2.58. The second kappa shape index (κ2) is 8.69. The molecule has 2 aliphatic rings. The first kappa shape index (κ1) is 21.1. The van der Waals surface area contributed by atoms with Crippen LogP contribution >= 0.6 is 0 Å². The zero-order valence-corrected chi connectivity index (χ0v) is 15.7. The van der Waals surface area contributed by atoms with Crippen molar-refractivity contribution in [2.75, 3.05) is 13.1 Å². The van der Waals surface area contributed by atoms with Crippen LogP contribution in [0.15, 0.2) is 0 Å². The van der Waals surface area contributed by atoms with Gasteiger partial charge in [0.1, 0.15) is 5.54 Å². The van der Waals surface area contributed by atoms with Crippen LogP contribution in [0.1, 0.15) is 46.0 Å². The van der Waals surface area contributed by atoms with Crippen LogP contribution in [-0.2, 0) is 9.59 Å². The Morgan fingerprint density at radius 2 is 2.08 bits per heavy atom. The van der Waals surface area contributed by atoms with E-state index in [1.165, 1.54) is 0 Å². The summed E-state index contributed by atoms with van der Waals surface area (Å²) in [6.07, 6.45) is 3.25. The van der Waals surface area contributed by atoms with E-state index in [1.54, 1.807) is 4.90 Å². The number of nitrogens with zero attached hydrogens (tertiary/aromatic N) is 1. The fourth-order valence-corrected chi connectivity index (χ4v) is 4.41. The van der Waals surface area contributed by atoms with Crippen LogP contribution in [-0.4, -0.2) is 69.8 Å². The maximum absolute atomic E-state index is 12.8. The predicted molar refractivity (Wildman–Crippen MR) is 98.3 cm³/mol. The number of likely N-dealkylation sites (tertiary alicyclic amines) is 1. The van der Waals surface area contributed by atoms with Crippen LogP contribution in [0.3, 0.4) is 0 Å². The first-order valence-corrected chi connectivity index (χ1v) is 9.65. The molecule has 2 fully saturated rings. The van der Waals surface area contributed by atoms with E-state index in [-0.39, 0.29) is 30.1 Å². The highest BCUT2D eigenvalue weighted by molar-refractivity contribution is 6.40. The Hall–Kier alpha value is -1.16. The highest BCUT2D eigenvalue weighted by Crippen LogP contribution is 2.41. The Morgan fingerprint density at radius 3 is 2.65 bits per heavy atom. The number of carboxylic acids is 1. The number of carbonyl (C=O) groups is 2. The van der Waals surface area contributed by atoms with Crippen molar-refractivity contribution in [3.8, 4) is 0 Å². The molecule has 26 heavy (non-hydrogen) atoms. The normalized spacial score (nSPS) is 30.1. The lowest BCUT2D eigenvalue weighted by atomic mass is 9.77. The van der Waals surface area contributed by atoms with Gasteiger partial charge in [-0.3, -0.25) is 14.9 Å². The molecule has 5 atom stereocenters. The Balaban J connectivity index is 2.06. The minimum absolute atomic E-state index is 0.0850. The number of nitrogens with two attached hydrogens (primary N) is 1. The number of carbonyl (C=O) groups excluding carboxylic acids is 1. The molecule has 1 amide bonds. The van der Waals surface area contributed by atoms with Crippen molar-refractivity contribution in [2.24, 2.45) is 17.6 Å². The van der Waals surface area contributed by atoms with Gasteiger partial charge in [0.25, 0.3) is 0 Å². The number of rotatable bonds is 9. The van der Waals surface area contributed by atoms with Crippen LogP contribution < -0.4 is 11.1 Å². The molecule has 2 heterocycles. The fraction of sp³-hybridized carbons (Fsp3) is 0.882. The lowest BCUT2D eigenvalue weighted by Crippen LogP contribution is -2.52. The second-order valence-corrected chi connectivity index (χ2v) is 7.79. The molecule has 8 nitrogen and oxygen atoms in total. The first-order chi connectivity index (χ1) is 12.2. The molecule has 2 rings (SSSR count). The smallest absolute Gasteiger partial charge is 0.451 e. The standard InChI is InChI=1S/C17H32BN3O5/c1-3-11(2)14(19)15(22)21-9-6-12-13(21)10-20-17(12,16(23)24)7-4-5-8-18(25)26/h11-14,20,25-26H,3-10,19H2,1-2H3,(H,23,24)/t11?,12-,13-,14?,17+/m0/s1. The lowest BCUT2D eigenvalue weighted by Gasteiger charge is -2.31. The van der Waals surface area contributed by atoms with E-state index in [1.807, 2.05) is 13.8 Å².